The van der Waals surface area contributed by atoms with Gasteiger partial charge in [-0.05, 0) is 49.4 Å². The van der Waals surface area contributed by atoms with Gasteiger partial charge in [-0.15, -0.1) is 0 Å². The van der Waals surface area contributed by atoms with Crippen LogP contribution in [0.5, 0.6) is 17.2 Å². The van der Waals surface area contributed by atoms with Gasteiger partial charge in [0.15, 0.2) is 17.6 Å². The third-order valence-corrected chi connectivity index (χ3v) is 3.64. The SMILES string of the molecule is COc1ccc(C(=O)C(C)OC(=O)c2ccc(OC(F)F)c(OC)c2)cc1. The molecule has 0 aromatic heterocycles. The topological polar surface area (TPSA) is 71.1 Å². The molecule has 0 saturated carbocycles. The number of ether oxygens (including phenoxy) is 4. The van der Waals surface area contributed by atoms with Crippen molar-refractivity contribution in [1.82, 2.24) is 0 Å². The molecular formula is C19H18F2O6. The molecule has 2 rings (SSSR count). The molecule has 0 heterocycles. The zero-order valence-electron chi connectivity index (χ0n) is 14.9. The lowest BCUT2D eigenvalue weighted by atomic mass is 10.1. The minimum Gasteiger partial charge on any atom is -0.497 e. The van der Waals surface area contributed by atoms with Crippen LogP contribution in [-0.2, 0) is 4.74 Å². The zero-order valence-corrected chi connectivity index (χ0v) is 14.9. The van der Waals surface area contributed by atoms with E-state index in [9.17, 15) is 18.4 Å². The van der Waals surface area contributed by atoms with Gasteiger partial charge in [0.2, 0.25) is 5.78 Å². The predicted octanol–water partition coefficient (Wildman–Crippen LogP) is 3.73. The second-order valence-corrected chi connectivity index (χ2v) is 5.38. The van der Waals surface area contributed by atoms with Crippen LogP contribution in [0, 0.1) is 0 Å². The highest BCUT2D eigenvalue weighted by Gasteiger charge is 2.22. The molecule has 1 unspecified atom stereocenters. The molecule has 0 N–H and O–H groups in total. The molecule has 0 spiro atoms. The lowest BCUT2D eigenvalue weighted by Crippen LogP contribution is -2.24. The summed E-state index contributed by atoms with van der Waals surface area (Å²) < 4.78 is 44.1. The normalized spacial score (nSPS) is 11.6. The largest absolute Gasteiger partial charge is 0.497 e. The number of hydrogen-bond donors (Lipinski definition) is 0. The molecule has 0 amide bonds. The van der Waals surface area contributed by atoms with Gasteiger partial charge in [-0.2, -0.15) is 8.78 Å². The highest BCUT2D eigenvalue weighted by Crippen LogP contribution is 2.29. The number of alkyl halides is 2. The highest BCUT2D eigenvalue weighted by molar-refractivity contribution is 6.01. The Kier molecular flexibility index (Phi) is 6.70. The Labute approximate surface area is 154 Å². The van der Waals surface area contributed by atoms with E-state index in [2.05, 4.69) is 4.74 Å². The number of Topliss-reactive ketones (excluding diaryl/α,β-unsaturated/α-hetero) is 1. The van der Waals surface area contributed by atoms with E-state index in [1.165, 1.54) is 33.3 Å². The molecule has 2 aromatic rings. The van der Waals surface area contributed by atoms with Gasteiger partial charge in [-0.25, -0.2) is 4.79 Å². The van der Waals surface area contributed by atoms with Crippen LogP contribution in [0.15, 0.2) is 42.5 Å². The number of ketones is 1. The molecule has 8 heteroatoms. The molecule has 0 fully saturated rings. The molecule has 0 radical (unpaired) electrons. The summed E-state index contributed by atoms with van der Waals surface area (Å²) in [6, 6.07) is 9.97. The fourth-order valence-electron chi connectivity index (χ4n) is 2.26. The van der Waals surface area contributed by atoms with Crippen LogP contribution in [0.25, 0.3) is 0 Å². The van der Waals surface area contributed by atoms with Crippen molar-refractivity contribution in [1.29, 1.82) is 0 Å². The molecule has 0 aliphatic carbocycles. The molecule has 0 saturated heterocycles. The molecule has 1 atom stereocenters. The maximum Gasteiger partial charge on any atom is 0.387 e. The lowest BCUT2D eigenvalue weighted by molar-refractivity contribution is -0.0512. The average molecular weight is 380 g/mol. The Morgan fingerprint density at radius 1 is 0.889 bits per heavy atom. The van der Waals surface area contributed by atoms with Crippen molar-refractivity contribution in [3.8, 4) is 17.2 Å². The minimum atomic E-state index is -3.03. The van der Waals surface area contributed by atoms with Crippen molar-refractivity contribution in [2.24, 2.45) is 0 Å². The van der Waals surface area contributed by atoms with E-state index in [0.29, 0.717) is 11.3 Å². The molecule has 144 valence electrons. The number of hydrogen-bond acceptors (Lipinski definition) is 6. The summed E-state index contributed by atoms with van der Waals surface area (Å²) in [4.78, 5) is 24.6. The predicted molar refractivity (Wildman–Crippen MR) is 91.8 cm³/mol. The number of methoxy groups -OCH3 is 2. The van der Waals surface area contributed by atoms with Crippen LogP contribution in [0.3, 0.4) is 0 Å². The van der Waals surface area contributed by atoms with Gasteiger partial charge >= 0.3 is 12.6 Å². The van der Waals surface area contributed by atoms with Crippen molar-refractivity contribution in [2.75, 3.05) is 14.2 Å². The van der Waals surface area contributed by atoms with Crippen LogP contribution < -0.4 is 14.2 Å². The number of halogens is 2. The van der Waals surface area contributed by atoms with E-state index in [4.69, 9.17) is 14.2 Å². The van der Waals surface area contributed by atoms with Crippen LogP contribution in [0.4, 0.5) is 8.78 Å². The Hall–Kier alpha value is -3.16. The Balaban J connectivity index is 2.09. The van der Waals surface area contributed by atoms with Crippen LogP contribution in [0.2, 0.25) is 0 Å². The second kappa shape index (κ2) is 8.98. The monoisotopic (exact) mass is 380 g/mol. The highest BCUT2D eigenvalue weighted by atomic mass is 19.3. The van der Waals surface area contributed by atoms with Crippen molar-refractivity contribution < 1.29 is 37.3 Å². The van der Waals surface area contributed by atoms with Gasteiger partial charge in [0.05, 0.1) is 19.8 Å². The van der Waals surface area contributed by atoms with Crippen LogP contribution in [0.1, 0.15) is 27.6 Å². The van der Waals surface area contributed by atoms with E-state index >= 15 is 0 Å². The molecule has 2 aromatic carbocycles. The van der Waals surface area contributed by atoms with Crippen LogP contribution in [-0.4, -0.2) is 38.7 Å². The summed E-state index contributed by atoms with van der Waals surface area (Å²) in [6.45, 7) is -1.59. The summed E-state index contributed by atoms with van der Waals surface area (Å²) >= 11 is 0. The van der Waals surface area contributed by atoms with Crippen molar-refractivity contribution >= 4 is 11.8 Å². The molecule has 6 nitrogen and oxygen atoms in total. The summed E-state index contributed by atoms with van der Waals surface area (Å²) in [5.41, 5.74) is 0.386. The summed E-state index contributed by atoms with van der Waals surface area (Å²) in [7, 11) is 2.76. The summed E-state index contributed by atoms with van der Waals surface area (Å²) in [5.74, 6) is -0.874. The maximum absolute atomic E-state index is 12.4. The first-order valence-electron chi connectivity index (χ1n) is 7.87. The smallest absolute Gasteiger partial charge is 0.387 e. The first-order chi connectivity index (χ1) is 12.8. The second-order valence-electron chi connectivity index (χ2n) is 5.38. The van der Waals surface area contributed by atoms with Gasteiger partial charge in [0, 0.05) is 5.56 Å². The molecule has 0 aliphatic rings. The van der Waals surface area contributed by atoms with Crippen LogP contribution >= 0.6 is 0 Å². The number of rotatable bonds is 8. The minimum absolute atomic E-state index is 0.0304. The third kappa shape index (κ3) is 5.16. The number of carbonyl (C=O) groups excluding carboxylic acids is 2. The lowest BCUT2D eigenvalue weighted by Gasteiger charge is -2.14. The van der Waals surface area contributed by atoms with Gasteiger partial charge in [0.1, 0.15) is 5.75 Å². The van der Waals surface area contributed by atoms with Gasteiger partial charge in [0.25, 0.3) is 0 Å². The van der Waals surface area contributed by atoms with Crippen molar-refractivity contribution in [2.45, 2.75) is 19.6 Å². The van der Waals surface area contributed by atoms with Gasteiger partial charge in [-0.3, -0.25) is 4.79 Å². The standard InChI is InChI=1S/C19H18F2O6/c1-11(17(22)12-4-7-14(24-2)8-5-12)26-18(23)13-6-9-15(27-19(20)21)16(10-13)25-3/h4-11,19H,1-3H3. The van der Waals surface area contributed by atoms with E-state index in [0.717, 1.165) is 6.07 Å². The van der Waals surface area contributed by atoms with E-state index < -0.39 is 24.5 Å². The maximum atomic E-state index is 12.4. The molecule has 0 bridgehead atoms. The molecule has 0 aliphatic heterocycles. The number of benzene rings is 2. The average Bonchev–Trinajstić information content (AvgIpc) is 2.67. The van der Waals surface area contributed by atoms with Crippen molar-refractivity contribution in [3.05, 3.63) is 53.6 Å². The molecule has 27 heavy (non-hydrogen) atoms. The summed E-state index contributed by atoms with van der Waals surface area (Å²) in [5, 5.41) is 0. The van der Waals surface area contributed by atoms with Gasteiger partial charge < -0.3 is 18.9 Å². The summed E-state index contributed by atoms with van der Waals surface area (Å²) in [6.07, 6.45) is -1.05. The van der Waals surface area contributed by atoms with E-state index in [1.807, 2.05) is 0 Å². The zero-order chi connectivity index (χ0) is 20.0. The van der Waals surface area contributed by atoms with Gasteiger partial charge in [-0.1, -0.05) is 0 Å². The fraction of sp³-hybridized carbons (Fsp3) is 0.263. The molecular weight excluding hydrogens is 362 g/mol. The Bertz CT molecular complexity index is 804. The van der Waals surface area contributed by atoms with E-state index in [-0.39, 0.29) is 17.1 Å². The third-order valence-electron chi connectivity index (χ3n) is 3.64. The van der Waals surface area contributed by atoms with E-state index in [1.54, 1.807) is 24.3 Å². The van der Waals surface area contributed by atoms with Crippen molar-refractivity contribution in [3.63, 3.8) is 0 Å². The fourth-order valence-corrected chi connectivity index (χ4v) is 2.26. The Morgan fingerprint density at radius 3 is 2.07 bits per heavy atom. The number of carbonyl (C=O) groups is 2. The first-order valence-corrected chi connectivity index (χ1v) is 7.87. The first kappa shape index (κ1) is 20.2. The Morgan fingerprint density at radius 2 is 1.52 bits per heavy atom. The number of esters is 1. The quantitative estimate of drug-likeness (QED) is 0.513.